The van der Waals surface area contributed by atoms with Crippen LogP contribution in [0.5, 0.6) is 5.75 Å². The molecule has 1 aromatic carbocycles. The van der Waals surface area contributed by atoms with Crippen LogP contribution in [0.4, 0.5) is 8.78 Å². The third-order valence-electron chi connectivity index (χ3n) is 6.56. The van der Waals surface area contributed by atoms with E-state index >= 15 is 0 Å². The molecule has 1 heterocycles. The van der Waals surface area contributed by atoms with Gasteiger partial charge in [0.05, 0.1) is 18.3 Å². The first kappa shape index (κ1) is 26.6. The van der Waals surface area contributed by atoms with Gasteiger partial charge in [-0.2, -0.15) is 0 Å². The van der Waals surface area contributed by atoms with E-state index in [-0.39, 0.29) is 42.4 Å². The fraction of sp³-hybridized carbons (Fsp3) is 0.654. The van der Waals surface area contributed by atoms with Gasteiger partial charge in [0.1, 0.15) is 18.5 Å². The highest BCUT2D eigenvalue weighted by atomic mass is 19.1. The van der Waals surface area contributed by atoms with Gasteiger partial charge in [-0.05, 0) is 63.5 Å². The monoisotopic (exact) mass is 482 g/mol. The van der Waals surface area contributed by atoms with Gasteiger partial charge in [-0.1, -0.05) is 12.2 Å². The van der Waals surface area contributed by atoms with Crippen LogP contribution < -0.4 is 4.74 Å². The van der Waals surface area contributed by atoms with Crippen molar-refractivity contribution in [1.29, 1.82) is 0 Å². The van der Waals surface area contributed by atoms with Crippen LogP contribution in [0.1, 0.15) is 52.4 Å². The lowest BCUT2D eigenvalue weighted by Crippen LogP contribution is -2.22. The van der Waals surface area contributed by atoms with Crippen LogP contribution in [-0.4, -0.2) is 53.8 Å². The lowest BCUT2D eigenvalue weighted by Gasteiger charge is -2.21. The van der Waals surface area contributed by atoms with E-state index in [0.29, 0.717) is 25.4 Å². The van der Waals surface area contributed by atoms with Gasteiger partial charge in [0, 0.05) is 31.4 Å². The van der Waals surface area contributed by atoms with Gasteiger partial charge in [-0.15, -0.1) is 0 Å². The molecular formula is C26H36F2O6. The van der Waals surface area contributed by atoms with Crippen molar-refractivity contribution < 1.29 is 38.0 Å². The predicted octanol–water partition coefficient (Wildman–Crippen LogP) is 4.17. The van der Waals surface area contributed by atoms with Gasteiger partial charge in [0.2, 0.25) is 0 Å². The van der Waals surface area contributed by atoms with Crippen molar-refractivity contribution in [2.24, 2.45) is 17.8 Å². The van der Waals surface area contributed by atoms with Gasteiger partial charge in [-0.3, -0.25) is 4.79 Å². The van der Waals surface area contributed by atoms with E-state index in [1.54, 1.807) is 12.2 Å². The molecule has 2 aliphatic rings. The minimum atomic E-state index is -0.999. The standard InChI is InChI=1S/C26H36F2O6/c1-16(2)34-26(31)5-3-4-17-6-9-21-20(23(30)13-25(21)32-14-17)10-8-19(29)15-33-24-11-7-18(27)12-22(24)28/h7-8,10-12,16-17,19-21,23,25,29-30H,3-6,9,13-15H2,1-2H3/b10-8+/t17-,19+,20+,21+,23+,25-/m0/s1. The molecule has 1 aliphatic carbocycles. The number of rotatable bonds is 10. The van der Waals surface area contributed by atoms with Crippen LogP contribution in [0.2, 0.25) is 0 Å². The van der Waals surface area contributed by atoms with Crippen molar-refractivity contribution >= 4 is 5.97 Å². The van der Waals surface area contributed by atoms with Crippen LogP contribution in [0, 0.1) is 29.4 Å². The molecule has 6 atom stereocenters. The minimum Gasteiger partial charge on any atom is -0.487 e. The van der Waals surface area contributed by atoms with Gasteiger partial charge in [-0.25, -0.2) is 8.78 Å². The van der Waals surface area contributed by atoms with Gasteiger partial charge in [0.15, 0.2) is 11.6 Å². The zero-order valence-electron chi connectivity index (χ0n) is 19.9. The molecule has 2 N–H and O–H groups in total. The number of fused-ring (bicyclic) bond motifs is 1. The molecule has 0 amide bonds. The number of benzene rings is 1. The summed E-state index contributed by atoms with van der Waals surface area (Å²) < 4.78 is 43.2. The maximum Gasteiger partial charge on any atom is 0.306 e. The molecule has 2 fully saturated rings. The van der Waals surface area contributed by atoms with Crippen LogP contribution in [0.15, 0.2) is 30.4 Å². The molecule has 0 radical (unpaired) electrons. The summed E-state index contributed by atoms with van der Waals surface area (Å²) in [5.74, 6) is -1.46. The Bertz CT molecular complexity index is 830. The van der Waals surface area contributed by atoms with Gasteiger partial charge in [0.25, 0.3) is 0 Å². The summed E-state index contributed by atoms with van der Waals surface area (Å²) in [5, 5.41) is 20.8. The van der Waals surface area contributed by atoms with E-state index in [2.05, 4.69) is 0 Å². The second-order valence-corrected chi connectivity index (χ2v) is 9.63. The SMILES string of the molecule is CC(C)OC(=O)CCC[C@H]1CC[C@@H]2[C@@H](/C=C/[C@@H](O)COc3ccc(F)cc3F)[C@H](O)C[C@@H]2OC1. The molecule has 1 aliphatic heterocycles. The number of ether oxygens (including phenoxy) is 3. The summed E-state index contributed by atoms with van der Waals surface area (Å²) in [6.07, 6.45) is 6.12. The fourth-order valence-corrected chi connectivity index (χ4v) is 4.88. The largest absolute Gasteiger partial charge is 0.487 e. The molecule has 3 rings (SSSR count). The fourth-order valence-electron chi connectivity index (χ4n) is 4.88. The smallest absolute Gasteiger partial charge is 0.306 e. The summed E-state index contributed by atoms with van der Waals surface area (Å²) in [5.41, 5.74) is 0. The Morgan fingerprint density at radius 2 is 2.09 bits per heavy atom. The summed E-state index contributed by atoms with van der Waals surface area (Å²) in [6.45, 7) is 4.11. The Labute approximate surface area is 199 Å². The Morgan fingerprint density at radius 3 is 2.82 bits per heavy atom. The quantitative estimate of drug-likeness (QED) is 0.385. The number of hydrogen-bond donors (Lipinski definition) is 2. The molecule has 34 heavy (non-hydrogen) atoms. The van der Waals surface area contributed by atoms with Gasteiger partial charge < -0.3 is 24.4 Å². The number of halogens is 2. The van der Waals surface area contributed by atoms with Crippen LogP contribution in [0.3, 0.4) is 0 Å². The van der Waals surface area contributed by atoms with Crippen molar-refractivity contribution in [2.45, 2.75) is 76.8 Å². The van der Waals surface area contributed by atoms with E-state index < -0.39 is 23.8 Å². The predicted molar refractivity (Wildman–Crippen MR) is 122 cm³/mol. The minimum absolute atomic E-state index is 0.0396. The van der Waals surface area contributed by atoms with Crippen molar-refractivity contribution in [3.63, 3.8) is 0 Å². The van der Waals surface area contributed by atoms with E-state index in [1.807, 2.05) is 13.8 Å². The molecule has 6 nitrogen and oxygen atoms in total. The third-order valence-corrected chi connectivity index (χ3v) is 6.56. The maximum atomic E-state index is 13.7. The molecule has 1 saturated carbocycles. The van der Waals surface area contributed by atoms with E-state index in [1.165, 1.54) is 6.07 Å². The lowest BCUT2D eigenvalue weighted by atomic mass is 9.86. The van der Waals surface area contributed by atoms with E-state index in [4.69, 9.17) is 14.2 Å². The topological polar surface area (TPSA) is 85.2 Å². The normalized spacial score (nSPS) is 28.0. The molecule has 1 saturated heterocycles. The number of aliphatic hydroxyl groups is 2. The summed E-state index contributed by atoms with van der Waals surface area (Å²) in [6, 6.07) is 2.99. The average molecular weight is 483 g/mol. The van der Waals surface area contributed by atoms with Gasteiger partial charge >= 0.3 is 5.97 Å². The van der Waals surface area contributed by atoms with E-state index in [9.17, 15) is 23.8 Å². The highest BCUT2D eigenvalue weighted by Crippen LogP contribution is 2.42. The third kappa shape index (κ3) is 7.75. The first-order valence-corrected chi connectivity index (χ1v) is 12.2. The maximum absolute atomic E-state index is 13.7. The number of aliphatic hydroxyl groups excluding tert-OH is 2. The molecule has 8 heteroatoms. The van der Waals surface area contributed by atoms with Crippen LogP contribution in [0.25, 0.3) is 0 Å². The van der Waals surface area contributed by atoms with Crippen LogP contribution in [-0.2, 0) is 14.3 Å². The van der Waals surface area contributed by atoms with Crippen molar-refractivity contribution in [3.05, 3.63) is 42.0 Å². The zero-order valence-corrected chi connectivity index (χ0v) is 19.9. The Kier molecular flexibility index (Phi) is 9.85. The number of esters is 1. The molecule has 1 aromatic rings. The lowest BCUT2D eigenvalue weighted by molar-refractivity contribution is -0.147. The average Bonchev–Trinajstić information content (AvgIpc) is 2.92. The van der Waals surface area contributed by atoms with Crippen molar-refractivity contribution in [3.8, 4) is 5.75 Å². The second kappa shape index (κ2) is 12.6. The summed E-state index contributed by atoms with van der Waals surface area (Å²) in [7, 11) is 0. The highest BCUT2D eigenvalue weighted by molar-refractivity contribution is 5.69. The molecular weight excluding hydrogens is 446 g/mol. The number of hydrogen-bond acceptors (Lipinski definition) is 6. The first-order valence-electron chi connectivity index (χ1n) is 12.2. The van der Waals surface area contributed by atoms with Crippen molar-refractivity contribution in [2.75, 3.05) is 13.2 Å². The van der Waals surface area contributed by atoms with Crippen LogP contribution >= 0.6 is 0 Å². The number of carbonyl (C=O) groups excluding carboxylic acids is 1. The molecule has 0 unspecified atom stereocenters. The zero-order chi connectivity index (χ0) is 24.7. The summed E-state index contributed by atoms with van der Waals surface area (Å²) in [4.78, 5) is 11.7. The Morgan fingerprint density at radius 1 is 1.29 bits per heavy atom. The molecule has 190 valence electrons. The van der Waals surface area contributed by atoms with Crippen molar-refractivity contribution in [1.82, 2.24) is 0 Å². The molecule has 0 bridgehead atoms. The Hall–Kier alpha value is -2.03. The summed E-state index contributed by atoms with van der Waals surface area (Å²) >= 11 is 0. The van der Waals surface area contributed by atoms with E-state index in [0.717, 1.165) is 37.8 Å². The Balaban J connectivity index is 1.46. The molecule has 0 spiro atoms. The first-order chi connectivity index (χ1) is 16.2. The second-order valence-electron chi connectivity index (χ2n) is 9.63. The number of carbonyl (C=O) groups is 1. The molecule has 0 aromatic heterocycles. The highest BCUT2D eigenvalue weighted by Gasteiger charge is 2.43.